The standard InChI is InChI=1S/C30H31ClN4O4/c1-19-24(15-21(31)16-32-19)29(37)33-22-13-11-20(12-14-22)17-34-25-8-4-5-9-26(25)35(30(34)38)18-27(36)23-7-3-6-10-28(23)39-2/h3-10,15-16,20,22H,11-14,17-18H2,1-2H3,(H,33,37). The molecule has 0 atom stereocenters. The van der Waals surface area contributed by atoms with Crippen molar-refractivity contribution in [3.8, 4) is 5.75 Å². The van der Waals surface area contributed by atoms with Crippen LogP contribution in [0.2, 0.25) is 5.02 Å². The van der Waals surface area contributed by atoms with Gasteiger partial charge in [0, 0.05) is 18.8 Å². The van der Waals surface area contributed by atoms with Crippen LogP contribution in [0.15, 0.2) is 65.6 Å². The van der Waals surface area contributed by atoms with Crippen molar-refractivity contribution in [2.75, 3.05) is 7.11 Å². The summed E-state index contributed by atoms with van der Waals surface area (Å²) >= 11 is 6.03. The number of aromatic nitrogens is 3. The number of fused-ring (bicyclic) bond motifs is 1. The van der Waals surface area contributed by atoms with E-state index in [4.69, 9.17) is 16.3 Å². The zero-order chi connectivity index (χ0) is 27.5. The third-order valence-electron chi connectivity index (χ3n) is 7.56. The number of amides is 1. The highest BCUT2D eigenvalue weighted by atomic mass is 35.5. The number of nitrogens with one attached hydrogen (secondary N) is 1. The lowest BCUT2D eigenvalue weighted by molar-refractivity contribution is 0.0917. The number of carbonyl (C=O) groups is 2. The van der Waals surface area contributed by atoms with Crippen molar-refractivity contribution >= 4 is 34.3 Å². The zero-order valence-corrected chi connectivity index (χ0v) is 22.8. The quantitative estimate of drug-likeness (QED) is 0.312. The first-order chi connectivity index (χ1) is 18.9. The Kier molecular flexibility index (Phi) is 7.84. The van der Waals surface area contributed by atoms with Crippen molar-refractivity contribution < 1.29 is 14.3 Å². The number of hydrogen-bond acceptors (Lipinski definition) is 5. The van der Waals surface area contributed by atoms with Gasteiger partial charge in [0.1, 0.15) is 5.75 Å². The topological polar surface area (TPSA) is 95.2 Å². The lowest BCUT2D eigenvalue weighted by atomic mass is 9.85. The normalized spacial score (nSPS) is 17.2. The number of halogens is 1. The maximum absolute atomic E-state index is 13.6. The van der Waals surface area contributed by atoms with E-state index < -0.39 is 0 Å². The molecule has 1 aliphatic rings. The Hall–Kier alpha value is -3.91. The molecular formula is C30H31ClN4O4. The first-order valence-corrected chi connectivity index (χ1v) is 13.5. The van der Waals surface area contributed by atoms with Crippen LogP contribution in [-0.2, 0) is 13.1 Å². The van der Waals surface area contributed by atoms with Gasteiger partial charge in [-0.05, 0) is 68.9 Å². The van der Waals surface area contributed by atoms with Gasteiger partial charge in [-0.2, -0.15) is 0 Å². The van der Waals surface area contributed by atoms with E-state index in [-0.39, 0.29) is 35.9 Å². The molecule has 0 unspecified atom stereocenters. The molecule has 0 bridgehead atoms. The number of benzene rings is 2. The lowest BCUT2D eigenvalue weighted by Gasteiger charge is -2.29. The molecule has 8 nitrogen and oxygen atoms in total. The number of para-hydroxylation sites is 3. The van der Waals surface area contributed by atoms with Gasteiger partial charge in [0.05, 0.1) is 46.5 Å². The zero-order valence-electron chi connectivity index (χ0n) is 22.0. The molecule has 4 aromatic rings. The van der Waals surface area contributed by atoms with Crippen molar-refractivity contribution in [1.82, 2.24) is 19.4 Å². The summed E-state index contributed by atoms with van der Waals surface area (Å²) in [5.41, 5.74) is 2.94. The first-order valence-electron chi connectivity index (χ1n) is 13.1. The Morgan fingerprint density at radius 3 is 2.38 bits per heavy atom. The molecule has 1 amide bonds. The van der Waals surface area contributed by atoms with Crippen LogP contribution in [0, 0.1) is 12.8 Å². The second-order valence-electron chi connectivity index (χ2n) is 10.1. The van der Waals surface area contributed by atoms with E-state index in [1.54, 1.807) is 40.3 Å². The second-order valence-corrected chi connectivity index (χ2v) is 10.5. The minimum absolute atomic E-state index is 0.0590. The molecule has 39 heavy (non-hydrogen) atoms. The highest BCUT2D eigenvalue weighted by molar-refractivity contribution is 6.30. The third kappa shape index (κ3) is 5.61. The summed E-state index contributed by atoms with van der Waals surface area (Å²) in [6, 6.07) is 16.3. The number of methoxy groups -OCH3 is 1. The lowest BCUT2D eigenvalue weighted by Crippen LogP contribution is -2.39. The van der Waals surface area contributed by atoms with Gasteiger partial charge in [0.25, 0.3) is 5.91 Å². The van der Waals surface area contributed by atoms with E-state index in [1.165, 1.54) is 13.3 Å². The van der Waals surface area contributed by atoms with Gasteiger partial charge in [-0.25, -0.2) is 4.79 Å². The van der Waals surface area contributed by atoms with Crippen LogP contribution >= 0.6 is 11.6 Å². The van der Waals surface area contributed by atoms with Crippen LogP contribution in [0.1, 0.15) is 52.1 Å². The maximum atomic E-state index is 13.6. The molecule has 2 aromatic heterocycles. The van der Waals surface area contributed by atoms with E-state index in [0.29, 0.717) is 34.1 Å². The smallest absolute Gasteiger partial charge is 0.329 e. The van der Waals surface area contributed by atoms with Crippen LogP contribution in [0.4, 0.5) is 0 Å². The van der Waals surface area contributed by atoms with Crippen LogP contribution in [-0.4, -0.2) is 39.0 Å². The Morgan fingerprint density at radius 1 is 1.00 bits per heavy atom. The summed E-state index contributed by atoms with van der Waals surface area (Å²) in [6.45, 7) is 2.29. The number of imidazole rings is 1. The fourth-order valence-electron chi connectivity index (χ4n) is 5.45. The molecule has 202 valence electrons. The van der Waals surface area contributed by atoms with Gasteiger partial charge in [-0.1, -0.05) is 35.9 Å². The third-order valence-corrected chi connectivity index (χ3v) is 7.76. The average Bonchev–Trinajstić information content (AvgIpc) is 3.21. The van der Waals surface area contributed by atoms with Gasteiger partial charge in [0.2, 0.25) is 0 Å². The summed E-state index contributed by atoms with van der Waals surface area (Å²) in [4.78, 5) is 43.7. The van der Waals surface area contributed by atoms with Crippen LogP contribution < -0.4 is 15.7 Å². The molecule has 0 radical (unpaired) electrons. The van der Waals surface area contributed by atoms with Crippen molar-refractivity contribution in [2.24, 2.45) is 5.92 Å². The molecular weight excluding hydrogens is 516 g/mol. The molecule has 1 saturated carbocycles. The van der Waals surface area contributed by atoms with E-state index in [2.05, 4.69) is 10.3 Å². The van der Waals surface area contributed by atoms with Gasteiger partial charge >= 0.3 is 5.69 Å². The Bertz CT molecular complexity index is 1580. The van der Waals surface area contributed by atoms with Gasteiger partial charge in [0.15, 0.2) is 5.78 Å². The number of ketones is 1. The molecule has 0 aliphatic heterocycles. The Morgan fingerprint density at radius 2 is 1.67 bits per heavy atom. The number of nitrogens with zero attached hydrogens (tertiary/aromatic N) is 3. The monoisotopic (exact) mass is 546 g/mol. The molecule has 1 N–H and O–H groups in total. The summed E-state index contributed by atoms with van der Waals surface area (Å²) in [7, 11) is 1.53. The minimum atomic E-state index is -0.196. The van der Waals surface area contributed by atoms with Gasteiger partial charge in [-0.15, -0.1) is 0 Å². The summed E-state index contributed by atoms with van der Waals surface area (Å²) in [6.07, 6.45) is 4.94. The number of carbonyl (C=O) groups excluding carboxylic acids is 2. The Balaban J connectivity index is 1.29. The fraction of sp³-hybridized carbons (Fsp3) is 0.333. The molecule has 2 aromatic carbocycles. The molecule has 9 heteroatoms. The second kappa shape index (κ2) is 11.5. The molecule has 2 heterocycles. The van der Waals surface area contributed by atoms with Crippen LogP contribution in [0.5, 0.6) is 5.75 Å². The molecule has 0 spiro atoms. The maximum Gasteiger partial charge on any atom is 0.329 e. The van der Waals surface area contributed by atoms with E-state index in [9.17, 15) is 14.4 Å². The molecule has 1 fully saturated rings. The van der Waals surface area contributed by atoms with Crippen molar-refractivity contribution in [3.63, 3.8) is 0 Å². The van der Waals surface area contributed by atoms with Gasteiger partial charge < -0.3 is 10.1 Å². The number of hydrogen-bond donors (Lipinski definition) is 1. The average molecular weight is 547 g/mol. The van der Waals surface area contributed by atoms with Crippen LogP contribution in [0.3, 0.4) is 0 Å². The number of ether oxygens (including phenoxy) is 1. The molecule has 5 rings (SSSR count). The van der Waals surface area contributed by atoms with E-state index in [1.807, 2.05) is 30.3 Å². The van der Waals surface area contributed by atoms with E-state index >= 15 is 0 Å². The number of rotatable bonds is 8. The fourth-order valence-corrected chi connectivity index (χ4v) is 5.61. The first kappa shape index (κ1) is 26.7. The largest absolute Gasteiger partial charge is 0.496 e. The number of Topliss-reactive ketones (excluding diaryl/α,β-unsaturated/α-hetero) is 1. The SMILES string of the molecule is COc1ccccc1C(=O)Cn1c(=O)n(CC2CCC(NC(=O)c3cc(Cl)cnc3C)CC2)c2ccccc21. The number of pyridine rings is 1. The molecule has 1 aliphatic carbocycles. The highest BCUT2D eigenvalue weighted by Gasteiger charge is 2.26. The van der Waals surface area contributed by atoms with Crippen molar-refractivity contribution in [1.29, 1.82) is 0 Å². The predicted molar refractivity (Wildman–Crippen MR) is 151 cm³/mol. The Labute approximate surface area is 231 Å². The van der Waals surface area contributed by atoms with Crippen molar-refractivity contribution in [2.45, 2.75) is 51.7 Å². The highest BCUT2D eigenvalue weighted by Crippen LogP contribution is 2.27. The van der Waals surface area contributed by atoms with E-state index in [0.717, 1.165) is 36.7 Å². The summed E-state index contributed by atoms with van der Waals surface area (Å²) in [5, 5.41) is 3.56. The molecule has 0 saturated heterocycles. The minimum Gasteiger partial charge on any atom is -0.496 e. The summed E-state index contributed by atoms with van der Waals surface area (Å²) < 4.78 is 8.69. The van der Waals surface area contributed by atoms with Gasteiger partial charge in [-0.3, -0.25) is 23.7 Å². The summed E-state index contributed by atoms with van der Waals surface area (Å²) in [5.74, 6) is 0.434. The van der Waals surface area contributed by atoms with Crippen LogP contribution in [0.25, 0.3) is 11.0 Å². The predicted octanol–water partition coefficient (Wildman–Crippen LogP) is 5.04. The number of aryl methyl sites for hydroxylation is 1. The van der Waals surface area contributed by atoms with Crippen molar-refractivity contribution in [3.05, 3.63) is 93.1 Å².